The molecule has 2 rings (SSSR count). The van der Waals surface area contributed by atoms with Crippen molar-refractivity contribution in [1.29, 1.82) is 0 Å². The van der Waals surface area contributed by atoms with Crippen LogP contribution in [-0.4, -0.2) is 41.9 Å². The summed E-state index contributed by atoms with van der Waals surface area (Å²) in [6, 6.07) is 1.76. The van der Waals surface area contributed by atoms with E-state index in [4.69, 9.17) is 9.84 Å². The topological polar surface area (TPSA) is 62.7 Å². The molecule has 0 aliphatic carbocycles. The zero-order chi connectivity index (χ0) is 15.6. The van der Waals surface area contributed by atoms with Crippen LogP contribution in [0.4, 0.5) is 19.0 Å². The van der Waals surface area contributed by atoms with Gasteiger partial charge in [-0.05, 0) is 19.1 Å². The number of rotatable bonds is 4. The second-order valence-corrected chi connectivity index (χ2v) is 4.74. The van der Waals surface area contributed by atoms with Gasteiger partial charge < -0.3 is 14.7 Å². The third-order valence-corrected chi connectivity index (χ3v) is 3.48. The van der Waals surface area contributed by atoms with Crippen LogP contribution in [0.2, 0.25) is 0 Å². The van der Waals surface area contributed by atoms with Crippen LogP contribution >= 0.6 is 0 Å². The molecule has 0 saturated carbocycles. The number of ether oxygens (including phenoxy) is 1. The smallest absolute Gasteiger partial charge is 0.417 e. The second-order valence-electron chi connectivity index (χ2n) is 4.74. The minimum Gasteiger partial charge on any atom is -0.481 e. The van der Waals surface area contributed by atoms with Crippen LogP contribution in [0.5, 0.6) is 0 Å². The van der Waals surface area contributed by atoms with Crippen molar-refractivity contribution in [1.82, 2.24) is 4.98 Å². The third kappa shape index (κ3) is 3.26. The molecule has 0 aromatic carbocycles. The molecule has 1 saturated heterocycles. The number of aliphatic carboxylic acids is 1. The van der Waals surface area contributed by atoms with Gasteiger partial charge in [0.1, 0.15) is 11.7 Å². The van der Waals surface area contributed by atoms with Crippen LogP contribution in [0.3, 0.4) is 0 Å². The molecule has 0 radical (unpaired) electrons. The predicted octanol–water partition coefficient (Wildman–Crippen LogP) is 2.03. The van der Waals surface area contributed by atoms with Gasteiger partial charge >= 0.3 is 12.1 Å². The van der Waals surface area contributed by atoms with E-state index in [1.807, 2.05) is 0 Å². The zero-order valence-corrected chi connectivity index (χ0v) is 11.3. The minimum absolute atomic E-state index is 0.0944. The number of carboxylic acids is 1. The van der Waals surface area contributed by atoms with Crippen LogP contribution in [0.1, 0.15) is 12.5 Å². The molecule has 1 fully saturated rings. The molecule has 2 heterocycles. The summed E-state index contributed by atoms with van der Waals surface area (Å²) >= 11 is 0. The van der Waals surface area contributed by atoms with Crippen molar-refractivity contribution >= 4 is 11.8 Å². The summed E-state index contributed by atoms with van der Waals surface area (Å²) in [5, 5.41) is 9.15. The van der Waals surface area contributed by atoms with E-state index in [-0.39, 0.29) is 13.2 Å². The Morgan fingerprint density at radius 2 is 2.19 bits per heavy atom. The average Bonchev–Trinajstić information content (AvgIpc) is 2.88. The Labute approximate surface area is 119 Å². The molecule has 5 nitrogen and oxygen atoms in total. The number of alkyl halides is 3. The molecule has 0 bridgehead atoms. The van der Waals surface area contributed by atoms with E-state index in [9.17, 15) is 18.0 Å². The highest BCUT2D eigenvalue weighted by Crippen LogP contribution is 2.30. The van der Waals surface area contributed by atoms with Crippen LogP contribution in [0.25, 0.3) is 0 Å². The average molecular weight is 304 g/mol. The molecule has 8 heteroatoms. The van der Waals surface area contributed by atoms with E-state index in [0.717, 1.165) is 12.3 Å². The predicted molar refractivity (Wildman–Crippen MR) is 68.0 cm³/mol. The number of likely N-dealkylation sites (N-methyl/N-ethyl adjacent to an activating group) is 1. The van der Waals surface area contributed by atoms with E-state index >= 15 is 0 Å². The van der Waals surface area contributed by atoms with Crippen molar-refractivity contribution in [3.63, 3.8) is 0 Å². The van der Waals surface area contributed by atoms with Crippen LogP contribution in [0, 0.1) is 5.92 Å². The first-order chi connectivity index (χ1) is 9.84. The van der Waals surface area contributed by atoms with Crippen molar-refractivity contribution in [2.75, 3.05) is 24.7 Å². The lowest BCUT2D eigenvalue weighted by Crippen LogP contribution is -2.43. The molecule has 2 unspecified atom stereocenters. The quantitative estimate of drug-likeness (QED) is 0.922. The van der Waals surface area contributed by atoms with Crippen LogP contribution in [-0.2, 0) is 15.7 Å². The molecule has 1 N–H and O–H groups in total. The Balaban J connectivity index is 2.23. The minimum atomic E-state index is -4.44. The van der Waals surface area contributed by atoms with Gasteiger partial charge in [-0.1, -0.05) is 0 Å². The molecule has 1 aliphatic heterocycles. The maximum Gasteiger partial charge on any atom is 0.417 e. The van der Waals surface area contributed by atoms with Crippen molar-refractivity contribution in [3.8, 4) is 0 Å². The highest BCUT2D eigenvalue weighted by Gasteiger charge is 2.38. The molecule has 116 valence electrons. The summed E-state index contributed by atoms with van der Waals surface area (Å²) in [5.74, 6) is -1.39. The van der Waals surface area contributed by atoms with Crippen LogP contribution in [0.15, 0.2) is 18.3 Å². The molecule has 1 aromatic rings. The number of nitrogens with zero attached hydrogens (tertiary/aromatic N) is 2. The molecule has 0 spiro atoms. The second kappa shape index (κ2) is 5.88. The maximum atomic E-state index is 12.5. The highest BCUT2D eigenvalue weighted by atomic mass is 19.4. The number of pyridine rings is 1. The van der Waals surface area contributed by atoms with Gasteiger partial charge in [-0.15, -0.1) is 0 Å². The molecule has 1 aromatic heterocycles. The first-order valence-corrected chi connectivity index (χ1v) is 6.45. The lowest BCUT2D eigenvalue weighted by molar-refractivity contribution is -0.142. The molecule has 1 aliphatic rings. The maximum absolute atomic E-state index is 12.5. The fourth-order valence-electron chi connectivity index (χ4n) is 2.38. The van der Waals surface area contributed by atoms with Gasteiger partial charge in [-0.2, -0.15) is 13.2 Å². The Morgan fingerprint density at radius 1 is 1.48 bits per heavy atom. The summed E-state index contributed by atoms with van der Waals surface area (Å²) < 4.78 is 42.7. The summed E-state index contributed by atoms with van der Waals surface area (Å²) in [6.45, 7) is 2.53. The van der Waals surface area contributed by atoms with Gasteiger partial charge in [0.25, 0.3) is 0 Å². The molecular weight excluding hydrogens is 289 g/mol. The molecular formula is C13H15F3N2O3. The van der Waals surface area contributed by atoms with Gasteiger partial charge in [0.05, 0.1) is 24.8 Å². The van der Waals surface area contributed by atoms with Gasteiger partial charge in [0.15, 0.2) is 0 Å². The fraction of sp³-hybridized carbons (Fsp3) is 0.538. The van der Waals surface area contributed by atoms with Crippen LogP contribution < -0.4 is 4.90 Å². The third-order valence-electron chi connectivity index (χ3n) is 3.48. The zero-order valence-electron chi connectivity index (χ0n) is 11.3. The largest absolute Gasteiger partial charge is 0.481 e. The monoisotopic (exact) mass is 304 g/mol. The number of anilines is 1. The first-order valence-electron chi connectivity index (χ1n) is 6.45. The number of hydrogen-bond acceptors (Lipinski definition) is 4. The number of halogens is 3. The van der Waals surface area contributed by atoms with Gasteiger partial charge in [0.2, 0.25) is 0 Å². The Bertz CT molecular complexity index is 504. The SMILES string of the molecule is CCN(c1ccc(C(F)(F)F)cn1)C1COCC1C(=O)O. The Kier molecular flexibility index (Phi) is 4.36. The van der Waals surface area contributed by atoms with E-state index in [2.05, 4.69) is 4.98 Å². The summed E-state index contributed by atoms with van der Waals surface area (Å²) in [4.78, 5) is 16.6. The summed E-state index contributed by atoms with van der Waals surface area (Å²) in [6.07, 6.45) is -3.69. The van der Waals surface area contributed by atoms with E-state index in [1.54, 1.807) is 11.8 Å². The standard InChI is InChI=1S/C13H15F3N2O3/c1-2-18(10-7-21-6-9(10)12(19)20)11-4-3-8(5-17-11)13(14,15)16/h3-5,9-10H,2,6-7H2,1H3,(H,19,20). The van der Waals surface area contributed by atoms with Gasteiger partial charge in [0, 0.05) is 12.7 Å². The number of carboxylic acid groups (broad SMARTS) is 1. The number of hydrogen-bond donors (Lipinski definition) is 1. The molecule has 2 atom stereocenters. The van der Waals surface area contributed by atoms with Crippen molar-refractivity contribution in [2.45, 2.75) is 19.1 Å². The Hall–Kier alpha value is -1.83. The molecule has 0 amide bonds. The summed E-state index contributed by atoms with van der Waals surface area (Å²) in [7, 11) is 0. The Morgan fingerprint density at radius 3 is 2.67 bits per heavy atom. The lowest BCUT2D eigenvalue weighted by Gasteiger charge is -2.30. The van der Waals surface area contributed by atoms with E-state index < -0.39 is 29.7 Å². The molecule has 21 heavy (non-hydrogen) atoms. The summed E-state index contributed by atoms with van der Waals surface area (Å²) in [5.41, 5.74) is -0.834. The van der Waals surface area contributed by atoms with Crippen molar-refractivity contribution < 1.29 is 27.8 Å². The fourth-order valence-corrected chi connectivity index (χ4v) is 2.38. The van der Waals surface area contributed by atoms with Gasteiger partial charge in [-0.3, -0.25) is 4.79 Å². The number of carbonyl (C=O) groups is 1. The van der Waals surface area contributed by atoms with E-state index in [1.165, 1.54) is 6.07 Å². The van der Waals surface area contributed by atoms with Crippen molar-refractivity contribution in [2.24, 2.45) is 5.92 Å². The number of aromatic nitrogens is 1. The van der Waals surface area contributed by atoms with E-state index in [0.29, 0.717) is 12.4 Å². The van der Waals surface area contributed by atoms with Gasteiger partial charge in [-0.25, -0.2) is 4.98 Å². The normalized spacial score (nSPS) is 22.3. The lowest BCUT2D eigenvalue weighted by atomic mass is 10.0. The van der Waals surface area contributed by atoms with Crippen molar-refractivity contribution in [3.05, 3.63) is 23.9 Å². The highest BCUT2D eigenvalue weighted by molar-refractivity contribution is 5.72. The first kappa shape index (κ1) is 15.6.